The average Bonchev–Trinajstić information content (AvgIpc) is 3.11. The van der Waals surface area contributed by atoms with Crippen molar-refractivity contribution in [2.45, 2.75) is 13.0 Å². The summed E-state index contributed by atoms with van der Waals surface area (Å²) in [5.41, 5.74) is 5.73. The largest absolute Gasteiger partial charge is 0.468 e. The standard InChI is InChI=1S/C19H24FN5O4S/c1-12(13-4-2-3-5-14(13)20)29-17-15(16(21)26)18(30-24-17)23-19(27)22-6-7-25-8-10-28-11-9-25/h2-5,12H,6-11H2,1H3,(H2,21,26)(H2,22,23,27). The summed E-state index contributed by atoms with van der Waals surface area (Å²) in [6.07, 6.45) is -0.707. The second kappa shape index (κ2) is 10.3. The molecule has 30 heavy (non-hydrogen) atoms. The molecule has 1 saturated heterocycles. The van der Waals surface area contributed by atoms with Crippen LogP contribution in [0.4, 0.5) is 14.2 Å². The highest BCUT2D eigenvalue weighted by Crippen LogP contribution is 2.33. The molecule has 0 spiro atoms. The molecular weight excluding hydrogens is 413 g/mol. The number of nitrogens with zero attached hydrogens (tertiary/aromatic N) is 2. The first-order valence-electron chi connectivity index (χ1n) is 9.51. The van der Waals surface area contributed by atoms with Crippen LogP contribution in [0.3, 0.4) is 0 Å². The smallest absolute Gasteiger partial charge is 0.319 e. The van der Waals surface area contributed by atoms with Crippen LogP contribution < -0.4 is 21.1 Å². The Balaban J connectivity index is 1.60. The molecule has 3 rings (SSSR count). The fraction of sp³-hybridized carbons (Fsp3) is 0.421. The van der Waals surface area contributed by atoms with E-state index in [2.05, 4.69) is 19.9 Å². The third kappa shape index (κ3) is 5.65. The van der Waals surface area contributed by atoms with Gasteiger partial charge >= 0.3 is 6.03 Å². The van der Waals surface area contributed by atoms with E-state index in [-0.39, 0.29) is 16.4 Å². The number of urea groups is 1. The molecule has 0 aliphatic carbocycles. The number of carbonyl (C=O) groups excluding carboxylic acids is 2. The molecular formula is C19H24FN5O4S. The van der Waals surface area contributed by atoms with E-state index in [1.807, 2.05) is 0 Å². The van der Waals surface area contributed by atoms with Gasteiger partial charge in [0.15, 0.2) is 0 Å². The number of nitrogens with one attached hydrogen (secondary N) is 2. The zero-order valence-electron chi connectivity index (χ0n) is 16.5. The zero-order chi connectivity index (χ0) is 21.5. The number of morpholine rings is 1. The van der Waals surface area contributed by atoms with Gasteiger partial charge in [0.2, 0.25) is 5.88 Å². The van der Waals surface area contributed by atoms with Crippen LogP contribution in [0.5, 0.6) is 5.88 Å². The molecule has 0 bridgehead atoms. The van der Waals surface area contributed by atoms with Crippen molar-refractivity contribution in [1.82, 2.24) is 14.6 Å². The van der Waals surface area contributed by atoms with Gasteiger partial charge in [0.25, 0.3) is 5.91 Å². The van der Waals surface area contributed by atoms with E-state index in [0.717, 1.165) is 24.6 Å². The van der Waals surface area contributed by atoms with Crippen molar-refractivity contribution in [3.8, 4) is 5.88 Å². The van der Waals surface area contributed by atoms with Gasteiger partial charge in [-0.1, -0.05) is 18.2 Å². The number of nitrogens with two attached hydrogens (primary N) is 1. The first-order chi connectivity index (χ1) is 14.5. The van der Waals surface area contributed by atoms with Gasteiger partial charge < -0.3 is 20.5 Å². The number of aromatic nitrogens is 1. The van der Waals surface area contributed by atoms with Gasteiger partial charge in [0.05, 0.1) is 13.2 Å². The molecule has 162 valence electrons. The average molecular weight is 437 g/mol. The SMILES string of the molecule is CC(Oc1nsc(NC(=O)NCCN2CCOCC2)c1C(N)=O)c1ccccc1F. The molecule has 1 aromatic carbocycles. The lowest BCUT2D eigenvalue weighted by Crippen LogP contribution is -2.42. The minimum atomic E-state index is -0.803. The molecule has 1 atom stereocenters. The van der Waals surface area contributed by atoms with Crippen molar-refractivity contribution in [3.63, 3.8) is 0 Å². The quantitative estimate of drug-likeness (QED) is 0.581. The summed E-state index contributed by atoms with van der Waals surface area (Å²) in [5.74, 6) is -1.28. The topological polar surface area (TPSA) is 119 Å². The van der Waals surface area contributed by atoms with Crippen molar-refractivity contribution in [3.05, 3.63) is 41.2 Å². The Morgan fingerprint density at radius 2 is 2.10 bits per heavy atom. The van der Waals surface area contributed by atoms with E-state index in [4.69, 9.17) is 15.2 Å². The second-order valence-corrected chi connectivity index (χ2v) is 7.45. The number of ether oxygens (including phenoxy) is 2. The number of rotatable bonds is 8. The summed E-state index contributed by atoms with van der Waals surface area (Å²) in [5, 5.41) is 5.48. The third-order valence-corrected chi connectivity index (χ3v) is 5.33. The Hall–Kier alpha value is -2.76. The molecule has 0 radical (unpaired) electrons. The predicted octanol–water partition coefficient (Wildman–Crippen LogP) is 1.97. The van der Waals surface area contributed by atoms with Crippen LogP contribution in [0, 0.1) is 5.82 Å². The van der Waals surface area contributed by atoms with Crippen LogP contribution in [0.2, 0.25) is 0 Å². The summed E-state index contributed by atoms with van der Waals surface area (Å²) < 4.78 is 29.0. The first kappa shape index (κ1) is 21.9. The molecule has 2 heterocycles. The molecule has 11 heteroatoms. The van der Waals surface area contributed by atoms with Gasteiger partial charge in [-0.25, -0.2) is 9.18 Å². The number of anilines is 1. The first-order valence-corrected chi connectivity index (χ1v) is 10.3. The van der Waals surface area contributed by atoms with Gasteiger partial charge in [-0.3, -0.25) is 15.0 Å². The van der Waals surface area contributed by atoms with E-state index in [1.54, 1.807) is 25.1 Å². The maximum absolute atomic E-state index is 14.0. The summed E-state index contributed by atoms with van der Waals surface area (Å²) in [4.78, 5) is 26.3. The van der Waals surface area contributed by atoms with Gasteiger partial charge in [-0.15, -0.1) is 0 Å². The lowest BCUT2D eigenvalue weighted by Gasteiger charge is -2.26. The lowest BCUT2D eigenvalue weighted by atomic mass is 10.1. The molecule has 1 fully saturated rings. The minimum Gasteiger partial charge on any atom is -0.468 e. The van der Waals surface area contributed by atoms with E-state index >= 15 is 0 Å². The molecule has 1 aliphatic rings. The van der Waals surface area contributed by atoms with Crippen molar-refractivity contribution in [2.75, 3.05) is 44.7 Å². The third-order valence-electron chi connectivity index (χ3n) is 4.58. The summed E-state index contributed by atoms with van der Waals surface area (Å²) in [6.45, 7) is 5.77. The van der Waals surface area contributed by atoms with E-state index in [9.17, 15) is 14.0 Å². The van der Waals surface area contributed by atoms with Crippen molar-refractivity contribution < 1.29 is 23.5 Å². The highest BCUT2D eigenvalue weighted by molar-refractivity contribution is 7.11. The molecule has 4 N–H and O–H groups in total. The Bertz CT molecular complexity index is 888. The van der Waals surface area contributed by atoms with Crippen molar-refractivity contribution >= 4 is 28.5 Å². The van der Waals surface area contributed by atoms with E-state index < -0.39 is 23.9 Å². The van der Waals surface area contributed by atoms with Crippen molar-refractivity contribution in [2.24, 2.45) is 5.73 Å². The summed E-state index contributed by atoms with van der Waals surface area (Å²) >= 11 is 0.867. The molecule has 1 aromatic heterocycles. The monoisotopic (exact) mass is 437 g/mol. The number of hydrogen-bond acceptors (Lipinski definition) is 7. The van der Waals surface area contributed by atoms with Crippen LogP contribution in [0.25, 0.3) is 0 Å². The molecule has 3 amide bonds. The Morgan fingerprint density at radius 1 is 1.37 bits per heavy atom. The maximum Gasteiger partial charge on any atom is 0.319 e. The Kier molecular flexibility index (Phi) is 7.55. The maximum atomic E-state index is 14.0. The minimum absolute atomic E-state index is 0.0492. The molecule has 2 aromatic rings. The molecule has 1 aliphatic heterocycles. The normalized spacial score (nSPS) is 15.4. The number of primary amides is 1. The predicted molar refractivity (Wildman–Crippen MR) is 110 cm³/mol. The number of benzene rings is 1. The van der Waals surface area contributed by atoms with Crippen LogP contribution in [0.15, 0.2) is 24.3 Å². The van der Waals surface area contributed by atoms with E-state index in [0.29, 0.717) is 31.9 Å². The fourth-order valence-electron chi connectivity index (χ4n) is 2.99. The van der Waals surface area contributed by atoms with Gasteiger partial charge in [0, 0.05) is 31.7 Å². The number of amides is 3. The highest BCUT2D eigenvalue weighted by atomic mass is 32.1. The lowest BCUT2D eigenvalue weighted by molar-refractivity contribution is 0.0388. The molecule has 9 nitrogen and oxygen atoms in total. The zero-order valence-corrected chi connectivity index (χ0v) is 17.3. The summed E-state index contributed by atoms with van der Waals surface area (Å²) in [7, 11) is 0. The number of halogens is 1. The van der Waals surface area contributed by atoms with Crippen LogP contribution in [-0.2, 0) is 4.74 Å². The van der Waals surface area contributed by atoms with Crippen LogP contribution in [0.1, 0.15) is 28.9 Å². The number of hydrogen-bond donors (Lipinski definition) is 3. The van der Waals surface area contributed by atoms with Crippen LogP contribution >= 0.6 is 11.5 Å². The van der Waals surface area contributed by atoms with Crippen LogP contribution in [-0.4, -0.2) is 60.6 Å². The Morgan fingerprint density at radius 3 is 2.80 bits per heavy atom. The van der Waals surface area contributed by atoms with Gasteiger partial charge in [-0.2, -0.15) is 4.37 Å². The highest BCUT2D eigenvalue weighted by Gasteiger charge is 2.24. The fourth-order valence-corrected chi connectivity index (χ4v) is 3.72. The van der Waals surface area contributed by atoms with Gasteiger partial charge in [-0.05, 0) is 24.5 Å². The van der Waals surface area contributed by atoms with Crippen molar-refractivity contribution in [1.29, 1.82) is 0 Å². The summed E-state index contributed by atoms with van der Waals surface area (Å²) in [6, 6.07) is 5.67. The molecule has 0 saturated carbocycles. The Labute approximate surface area is 177 Å². The second-order valence-electron chi connectivity index (χ2n) is 6.67. The number of carbonyl (C=O) groups is 2. The molecule has 1 unspecified atom stereocenters. The van der Waals surface area contributed by atoms with Gasteiger partial charge in [0.1, 0.15) is 22.5 Å². The van der Waals surface area contributed by atoms with E-state index in [1.165, 1.54) is 6.07 Å².